The second-order valence-corrected chi connectivity index (χ2v) is 4.92. The molecular formula is C16H23N3O. The SMILES string of the molecule is CCN(CC)CCn1c(=O)c(CN)cc2ccccc21. The van der Waals surface area contributed by atoms with Crippen LogP contribution in [0.25, 0.3) is 10.9 Å². The van der Waals surface area contributed by atoms with Gasteiger partial charge in [0, 0.05) is 25.2 Å². The number of likely N-dealkylation sites (N-methyl/N-ethyl adjacent to an activating group) is 1. The van der Waals surface area contributed by atoms with Crippen molar-refractivity contribution in [3.05, 3.63) is 46.2 Å². The molecule has 0 fully saturated rings. The molecular weight excluding hydrogens is 250 g/mol. The number of pyridine rings is 1. The molecule has 20 heavy (non-hydrogen) atoms. The number of nitrogens with zero attached hydrogens (tertiary/aromatic N) is 2. The molecule has 0 aliphatic rings. The zero-order valence-corrected chi connectivity index (χ0v) is 12.3. The molecule has 0 saturated carbocycles. The lowest BCUT2D eigenvalue weighted by molar-refractivity contribution is 0.290. The van der Waals surface area contributed by atoms with Gasteiger partial charge in [0.1, 0.15) is 0 Å². The van der Waals surface area contributed by atoms with Crippen LogP contribution in [-0.4, -0.2) is 29.1 Å². The molecule has 2 rings (SSSR count). The predicted molar refractivity (Wildman–Crippen MR) is 83.9 cm³/mol. The van der Waals surface area contributed by atoms with Crippen molar-refractivity contribution >= 4 is 10.9 Å². The van der Waals surface area contributed by atoms with E-state index >= 15 is 0 Å². The van der Waals surface area contributed by atoms with Crippen LogP contribution in [0.5, 0.6) is 0 Å². The third-order valence-corrected chi connectivity index (χ3v) is 3.83. The Bertz CT molecular complexity index is 629. The van der Waals surface area contributed by atoms with Crippen LogP contribution in [0.1, 0.15) is 19.4 Å². The average molecular weight is 273 g/mol. The molecule has 0 unspecified atom stereocenters. The molecule has 2 aromatic rings. The summed E-state index contributed by atoms with van der Waals surface area (Å²) < 4.78 is 1.86. The summed E-state index contributed by atoms with van der Waals surface area (Å²) in [5.74, 6) is 0. The molecule has 0 amide bonds. The molecule has 108 valence electrons. The molecule has 2 N–H and O–H groups in total. The summed E-state index contributed by atoms with van der Waals surface area (Å²) in [6.45, 7) is 8.15. The van der Waals surface area contributed by atoms with Crippen molar-refractivity contribution in [3.8, 4) is 0 Å². The minimum atomic E-state index is 0.0401. The van der Waals surface area contributed by atoms with Gasteiger partial charge in [0.05, 0.1) is 5.52 Å². The zero-order chi connectivity index (χ0) is 14.5. The van der Waals surface area contributed by atoms with E-state index in [9.17, 15) is 4.79 Å². The van der Waals surface area contributed by atoms with E-state index in [1.165, 1.54) is 0 Å². The van der Waals surface area contributed by atoms with E-state index in [2.05, 4.69) is 18.7 Å². The second kappa shape index (κ2) is 6.68. The monoisotopic (exact) mass is 273 g/mol. The average Bonchev–Trinajstić information content (AvgIpc) is 2.49. The Labute approximate surface area is 119 Å². The normalized spacial score (nSPS) is 11.4. The largest absolute Gasteiger partial charge is 0.326 e. The van der Waals surface area contributed by atoms with Crippen LogP contribution in [0.4, 0.5) is 0 Å². The summed E-state index contributed by atoms with van der Waals surface area (Å²) in [6.07, 6.45) is 0. The summed E-state index contributed by atoms with van der Waals surface area (Å²) in [7, 11) is 0. The van der Waals surface area contributed by atoms with E-state index < -0.39 is 0 Å². The molecule has 0 saturated heterocycles. The number of benzene rings is 1. The smallest absolute Gasteiger partial charge is 0.255 e. The van der Waals surface area contributed by atoms with Crippen LogP contribution < -0.4 is 11.3 Å². The minimum Gasteiger partial charge on any atom is -0.326 e. The summed E-state index contributed by atoms with van der Waals surface area (Å²) in [5, 5.41) is 1.08. The van der Waals surface area contributed by atoms with Gasteiger partial charge in [-0.1, -0.05) is 32.0 Å². The third kappa shape index (κ3) is 2.92. The van der Waals surface area contributed by atoms with Gasteiger partial charge in [0.15, 0.2) is 0 Å². The van der Waals surface area contributed by atoms with Crippen molar-refractivity contribution in [2.24, 2.45) is 5.73 Å². The molecule has 0 bridgehead atoms. The number of hydrogen-bond donors (Lipinski definition) is 1. The Morgan fingerprint density at radius 1 is 1.20 bits per heavy atom. The molecule has 0 aliphatic heterocycles. The highest BCUT2D eigenvalue weighted by atomic mass is 16.1. The van der Waals surface area contributed by atoms with Crippen molar-refractivity contribution in [1.29, 1.82) is 0 Å². The maximum atomic E-state index is 12.5. The van der Waals surface area contributed by atoms with Crippen molar-refractivity contribution in [2.75, 3.05) is 19.6 Å². The van der Waals surface area contributed by atoms with Crippen LogP contribution in [0.3, 0.4) is 0 Å². The number of fused-ring (bicyclic) bond motifs is 1. The molecule has 0 atom stereocenters. The fourth-order valence-electron chi connectivity index (χ4n) is 2.54. The Kier molecular flexibility index (Phi) is 4.93. The van der Waals surface area contributed by atoms with Gasteiger partial charge < -0.3 is 15.2 Å². The van der Waals surface area contributed by atoms with E-state index in [1.54, 1.807) is 0 Å². The molecule has 1 aromatic heterocycles. The summed E-state index contributed by atoms with van der Waals surface area (Å²) in [6, 6.07) is 9.90. The van der Waals surface area contributed by atoms with Gasteiger partial charge in [-0.3, -0.25) is 4.79 Å². The fraction of sp³-hybridized carbons (Fsp3) is 0.438. The fourth-order valence-corrected chi connectivity index (χ4v) is 2.54. The quantitative estimate of drug-likeness (QED) is 0.873. The Hall–Kier alpha value is -1.65. The van der Waals surface area contributed by atoms with Gasteiger partial charge in [-0.2, -0.15) is 0 Å². The van der Waals surface area contributed by atoms with E-state index in [0.29, 0.717) is 12.1 Å². The zero-order valence-electron chi connectivity index (χ0n) is 12.3. The molecule has 1 heterocycles. The first kappa shape index (κ1) is 14.8. The van der Waals surface area contributed by atoms with Crippen LogP contribution in [0, 0.1) is 0 Å². The highest BCUT2D eigenvalue weighted by molar-refractivity contribution is 5.79. The molecule has 0 radical (unpaired) electrons. The first-order chi connectivity index (χ1) is 9.71. The first-order valence-electron chi connectivity index (χ1n) is 7.25. The second-order valence-electron chi connectivity index (χ2n) is 4.92. The van der Waals surface area contributed by atoms with Gasteiger partial charge in [0.25, 0.3) is 5.56 Å². The van der Waals surface area contributed by atoms with Crippen molar-refractivity contribution in [3.63, 3.8) is 0 Å². The number of para-hydroxylation sites is 1. The Balaban J connectivity index is 2.44. The Morgan fingerprint density at radius 2 is 1.90 bits per heavy atom. The number of rotatable bonds is 6. The van der Waals surface area contributed by atoms with E-state index in [-0.39, 0.29) is 12.1 Å². The van der Waals surface area contributed by atoms with E-state index in [4.69, 9.17) is 5.73 Å². The first-order valence-corrected chi connectivity index (χ1v) is 7.25. The van der Waals surface area contributed by atoms with Gasteiger partial charge in [-0.05, 0) is 30.6 Å². The van der Waals surface area contributed by atoms with Gasteiger partial charge >= 0.3 is 0 Å². The summed E-state index contributed by atoms with van der Waals surface area (Å²) in [5.41, 5.74) is 7.41. The molecule has 0 spiro atoms. The van der Waals surface area contributed by atoms with Gasteiger partial charge in [0.2, 0.25) is 0 Å². The van der Waals surface area contributed by atoms with Crippen LogP contribution in [0.2, 0.25) is 0 Å². The molecule has 4 nitrogen and oxygen atoms in total. The van der Waals surface area contributed by atoms with Crippen molar-refractivity contribution in [1.82, 2.24) is 9.47 Å². The topological polar surface area (TPSA) is 51.3 Å². The van der Waals surface area contributed by atoms with Gasteiger partial charge in [-0.15, -0.1) is 0 Å². The lowest BCUT2D eigenvalue weighted by Gasteiger charge is -2.20. The van der Waals surface area contributed by atoms with E-state index in [1.807, 2.05) is 34.9 Å². The third-order valence-electron chi connectivity index (χ3n) is 3.83. The lowest BCUT2D eigenvalue weighted by Crippen LogP contribution is -2.32. The predicted octanol–water partition coefficient (Wildman–Crippen LogP) is 1.80. The highest BCUT2D eigenvalue weighted by Gasteiger charge is 2.09. The lowest BCUT2D eigenvalue weighted by atomic mass is 10.1. The molecule has 1 aromatic carbocycles. The maximum absolute atomic E-state index is 12.5. The van der Waals surface area contributed by atoms with Crippen LogP contribution >= 0.6 is 0 Å². The maximum Gasteiger partial charge on any atom is 0.255 e. The summed E-state index contributed by atoms with van der Waals surface area (Å²) in [4.78, 5) is 14.8. The summed E-state index contributed by atoms with van der Waals surface area (Å²) >= 11 is 0. The van der Waals surface area contributed by atoms with Gasteiger partial charge in [-0.25, -0.2) is 0 Å². The van der Waals surface area contributed by atoms with Crippen molar-refractivity contribution in [2.45, 2.75) is 26.9 Å². The minimum absolute atomic E-state index is 0.0401. The highest BCUT2D eigenvalue weighted by Crippen LogP contribution is 2.13. The molecule has 0 aliphatic carbocycles. The Morgan fingerprint density at radius 3 is 2.55 bits per heavy atom. The van der Waals surface area contributed by atoms with Crippen LogP contribution in [-0.2, 0) is 13.1 Å². The van der Waals surface area contributed by atoms with Crippen molar-refractivity contribution < 1.29 is 0 Å². The van der Waals surface area contributed by atoms with Crippen LogP contribution in [0.15, 0.2) is 35.1 Å². The van der Waals surface area contributed by atoms with E-state index in [0.717, 1.165) is 30.5 Å². The number of nitrogens with two attached hydrogens (primary N) is 1. The number of hydrogen-bond acceptors (Lipinski definition) is 3. The number of aromatic nitrogens is 1. The standard InChI is InChI=1S/C16H23N3O/c1-3-18(4-2)9-10-19-15-8-6-5-7-13(15)11-14(12-17)16(19)20/h5-8,11H,3-4,9-10,12,17H2,1-2H3. The molecule has 4 heteroatoms.